The molecule has 0 bridgehead atoms. The number of fused-ring (bicyclic) bond motifs is 1. The van der Waals surface area contributed by atoms with E-state index in [2.05, 4.69) is 47.6 Å². The van der Waals surface area contributed by atoms with Crippen molar-refractivity contribution in [2.45, 2.75) is 25.9 Å². The molecule has 0 aliphatic carbocycles. The van der Waals surface area contributed by atoms with Crippen molar-refractivity contribution in [3.8, 4) is 12.1 Å². The minimum Gasteiger partial charge on any atom is -0.465 e. The second-order valence-electron chi connectivity index (χ2n) is 9.16. The Hall–Kier alpha value is -4.33. The Kier molecular flexibility index (Phi) is 6.80. The summed E-state index contributed by atoms with van der Waals surface area (Å²) in [5.74, 6) is 0.653. The highest BCUT2D eigenvalue weighted by Gasteiger charge is 2.43. The van der Waals surface area contributed by atoms with Crippen molar-refractivity contribution in [1.82, 2.24) is 29.4 Å². The molecule has 2 aromatic heterocycles. The molecule has 2 fully saturated rings. The fraction of sp³-hybridized carbons (Fsp3) is 0.417. The van der Waals surface area contributed by atoms with E-state index in [1.165, 1.54) is 15.6 Å². The number of nitriles is 2. The number of rotatable bonds is 6. The Labute approximate surface area is 223 Å². The van der Waals surface area contributed by atoms with Crippen molar-refractivity contribution >= 4 is 46.5 Å². The summed E-state index contributed by atoms with van der Waals surface area (Å²) in [7, 11) is 0. The van der Waals surface area contributed by atoms with Crippen LogP contribution >= 0.6 is 11.6 Å². The van der Waals surface area contributed by atoms with Crippen molar-refractivity contribution in [3.63, 3.8) is 0 Å². The number of anilines is 4. The van der Waals surface area contributed by atoms with Gasteiger partial charge in [0.1, 0.15) is 6.07 Å². The fourth-order valence-corrected chi connectivity index (χ4v) is 5.25. The van der Waals surface area contributed by atoms with Gasteiger partial charge >= 0.3 is 6.09 Å². The zero-order chi connectivity index (χ0) is 27.0. The highest BCUT2D eigenvalue weighted by Crippen LogP contribution is 2.37. The van der Waals surface area contributed by atoms with Crippen LogP contribution in [0.5, 0.6) is 0 Å². The van der Waals surface area contributed by atoms with Gasteiger partial charge in [0.25, 0.3) is 0 Å². The maximum atomic E-state index is 11.3. The molecule has 14 heteroatoms. The number of nitrogens with zero attached hydrogens (tertiary/aromatic N) is 9. The third-order valence-corrected chi connectivity index (χ3v) is 7.45. The largest absolute Gasteiger partial charge is 0.465 e. The standard InChI is InChI=1S/C24H26ClN11O2/c1-3-28-21-22-29-12-16(11-27)36(22)32-23(31-21)30-17-8-15(10-26)9-18(20(17)25)33-4-6-34(7-5-33)19-13-35(14(19)2)24(37)38/h8-9,12,14,19H,3-7,13H2,1-2H3,(H,37,38)(H2,28,30,31,32). The van der Waals surface area contributed by atoms with Crippen LogP contribution in [0.15, 0.2) is 18.3 Å². The summed E-state index contributed by atoms with van der Waals surface area (Å²) in [6.45, 7) is 7.82. The highest BCUT2D eigenvalue weighted by atomic mass is 35.5. The summed E-state index contributed by atoms with van der Waals surface area (Å²) in [5, 5.41) is 39.5. The van der Waals surface area contributed by atoms with Crippen LogP contribution in [-0.4, -0.2) is 91.9 Å². The number of imidazole rings is 1. The average molecular weight is 536 g/mol. The van der Waals surface area contributed by atoms with Crippen LogP contribution in [0.4, 0.5) is 27.9 Å². The number of carbonyl (C=O) groups is 1. The number of halogens is 1. The molecule has 1 aromatic carbocycles. The normalized spacial score (nSPS) is 19.5. The molecule has 13 nitrogen and oxygen atoms in total. The second-order valence-corrected chi connectivity index (χ2v) is 9.54. The summed E-state index contributed by atoms with van der Waals surface area (Å²) in [6, 6.07) is 7.82. The molecule has 1 amide bonds. The molecule has 0 spiro atoms. The highest BCUT2D eigenvalue weighted by molar-refractivity contribution is 6.36. The number of aromatic nitrogens is 4. The van der Waals surface area contributed by atoms with E-state index in [-0.39, 0.29) is 23.7 Å². The van der Waals surface area contributed by atoms with Crippen LogP contribution in [0.3, 0.4) is 0 Å². The first-order valence-electron chi connectivity index (χ1n) is 12.2. The first kappa shape index (κ1) is 25.3. The smallest absolute Gasteiger partial charge is 0.407 e. The van der Waals surface area contributed by atoms with Crippen molar-refractivity contribution in [2.75, 3.05) is 54.8 Å². The van der Waals surface area contributed by atoms with E-state index in [1.807, 2.05) is 13.8 Å². The Morgan fingerprint density at radius 1 is 1.24 bits per heavy atom. The molecule has 196 valence electrons. The quantitative estimate of drug-likeness (QED) is 0.425. The van der Waals surface area contributed by atoms with Gasteiger partial charge in [-0.2, -0.15) is 20.0 Å². The molecular formula is C24H26ClN11O2. The van der Waals surface area contributed by atoms with E-state index in [0.29, 0.717) is 53.9 Å². The Balaban J connectivity index is 1.38. The lowest BCUT2D eigenvalue weighted by molar-refractivity contribution is -0.0106. The van der Waals surface area contributed by atoms with Crippen LogP contribution in [0.25, 0.3) is 5.65 Å². The summed E-state index contributed by atoms with van der Waals surface area (Å²) in [6.07, 6.45) is 0.546. The molecule has 2 unspecified atom stereocenters. The number of benzene rings is 1. The summed E-state index contributed by atoms with van der Waals surface area (Å²) in [5.41, 5.74) is 2.29. The van der Waals surface area contributed by atoms with Gasteiger partial charge in [0, 0.05) is 51.4 Å². The van der Waals surface area contributed by atoms with Gasteiger partial charge < -0.3 is 25.5 Å². The Morgan fingerprint density at radius 2 is 2.00 bits per heavy atom. The monoisotopic (exact) mass is 535 g/mol. The van der Waals surface area contributed by atoms with E-state index < -0.39 is 6.09 Å². The van der Waals surface area contributed by atoms with Gasteiger partial charge in [0.05, 0.1) is 34.2 Å². The topological polar surface area (TPSA) is 162 Å². The van der Waals surface area contributed by atoms with Crippen molar-refractivity contribution in [2.24, 2.45) is 0 Å². The van der Waals surface area contributed by atoms with Crippen LogP contribution in [-0.2, 0) is 0 Å². The molecule has 0 radical (unpaired) electrons. The SMILES string of the molecule is CCNc1nc(Nc2cc(C#N)cc(N3CCN(C4CN(C(=O)O)C4C)CC3)c2Cl)nn2c(C#N)cnc12. The minimum atomic E-state index is -0.884. The molecule has 2 aliphatic rings. The van der Waals surface area contributed by atoms with Crippen molar-refractivity contribution in [3.05, 3.63) is 34.6 Å². The lowest BCUT2D eigenvalue weighted by Crippen LogP contribution is -2.69. The van der Waals surface area contributed by atoms with Gasteiger partial charge in [-0.15, -0.1) is 5.10 Å². The van der Waals surface area contributed by atoms with Gasteiger partial charge in [-0.3, -0.25) is 4.90 Å². The second kappa shape index (κ2) is 10.2. The van der Waals surface area contributed by atoms with E-state index >= 15 is 0 Å². The number of amides is 1. The summed E-state index contributed by atoms with van der Waals surface area (Å²) < 4.78 is 1.41. The third-order valence-electron chi connectivity index (χ3n) is 7.05. The first-order chi connectivity index (χ1) is 18.3. The van der Waals surface area contributed by atoms with E-state index in [4.69, 9.17) is 11.6 Å². The maximum absolute atomic E-state index is 11.3. The van der Waals surface area contributed by atoms with Crippen LogP contribution in [0.1, 0.15) is 25.1 Å². The molecule has 2 atom stereocenters. The molecule has 3 aromatic rings. The van der Waals surface area contributed by atoms with Gasteiger partial charge in [-0.25, -0.2) is 9.78 Å². The zero-order valence-electron chi connectivity index (χ0n) is 20.9. The molecule has 38 heavy (non-hydrogen) atoms. The molecule has 5 rings (SSSR count). The van der Waals surface area contributed by atoms with E-state index in [0.717, 1.165) is 18.8 Å². The number of hydrogen-bond donors (Lipinski definition) is 3. The molecule has 3 N–H and O–H groups in total. The minimum absolute atomic E-state index is 0.0400. The zero-order valence-corrected chi connectivity index (χ0v) is 21.6. The molecule has 2 aliphatic heterocycles. The number of carboxylic acid groups (broad SMARTS) is 1. The number of likely N-dealkylation sites (tertiary alicyclic amines) is 1. The molecular weight excluding hydrogens is 510 g/mol. The molecule has 2 saturated heterocycles. The van der Waals surface area contributed by atoms with Gasteiger partial charge in [0.2, 0.25) is 5.95 Å². The Morgan fingerprint density at radius 3 is 2.63 bits per heavy atom. The van der Waals surface area contributed by atoms with E-state index in [1.54, 1.807) is 12.1 Å². The van der Waals surface area contributed by atoms with E-state index in [9.17, 15) is 20.4 Å². The molecule has 0 saturated carbocycles. The predicted octanol–water partition coefficient (Wildman–Crippen LogP) is 2.57. The molecule has 4 heterocycles. The van der Waals surface area contributed by atoms with Gasteiger partial charge in [-0.1, -0.05) is 11.6 Å². The lowest BCUT2D eigenvalue weighted by Gasteiger charge is -2.52. The number of nitrogens with one attached hydrogen (secondary N) is 2. The van der Waals surface area contributed by atoms with Crippen LogP contribution < -0.4 is 15.5 Å². The average Bonchev–Trinajstić information content (AvgIpc) is 3.32. The van der Waals surface area contributed by atoms with Crippen molar-refractivity contribution < 1.29 is 9.90 Å². The number of piperazine rings is 1. The van der Waals surface area contributed by atoms with Gasteiger partial charge in [0.15, 0.2) is 17.2 Å². The number of hydrogen-bond acceptors (Lipinski definition) is 10. The summed E-state index contributed by atoms with van der Waals surface area (Å²) in [4.78, 5) is 25.9. The maximum Gasteiger partial charge on any atom is 0.407 e. The third kappa shape index (κ3) is 4.47. The first-order valence-corrected chi connectivity index (χ1v) is 12.6. The summed E-state index contributed by atoms with van der Waals surface area (Å²) >= 11 is 6.85. The fourth-order valence-electron chi connectivity index (χ4n) is 4.97. The van der Waals surface area contributed by atoms with Crippen LogP contribution in [0, 0.1) is 22.7 Å². The van der Waals surface area contributed by atoms with Crippen molar-refractivity contribution in [1.29, 1.82) is 10.5 Å². The van der Waals surface area contributed by atoms with Gasteiger partial charge in [-0.05, 0) is 26.0 Å². The Bertz CT molecular complexity index is 1470. The van der Waals surface area contributed by atoms with Crippen LogP contribution in [0.2, 0.25) is 5.02 Å². The predicted molar refractivity (Wildman–Crippen MR) is 141 cm³/mol. The lowest BCUT2D eigenvalue weighted by atomic mass is 9.96.